The van der Waals surface area contributed by atoms with Gasteiger partial charge in [-0.1, -0.05) is 6.42 Å². The molecule has 1 atom stereocenters. The molecule has 0 spiro atoms. The van der Waals surface area contributed by atoms with Gasteiger partial charge < -0.3 is 4.90 Å². The van der Waals surface area contributed by atoms with E-state index in [-0.39, 0.29) is 10.9 Å². The Hall–Kier alpha value is -1.90. The molecule has 4 rings (SSSR count). The second-order valence-corrected chi connectivity index (χ2v) is 9.16. The van der Waals surface area contributed by atoms with Gasteiger partial charge in [-0.3, -0.25) is 0 Å². The fourth-order valence-electron chi connectivity index (χ4n) is 3.83. The van der Waals surface area contributed by atoms with Gasteiger partial charge >= 0.3 is 0 Å². The molecule has 144 valence electrons. The van der Waals surface area contributed by atoms with Gasteiger partial charge in [-0.2, -0.15) is 4.31 Å². The lowest BCUT2D eigenvalue weighted by Gasteiger charge is -2.34. The number of sulfonamides is 1. The minimum atomic E-state index is -3.73. The van der Waals surface area contributed by atoms with Crippen molar-refractivity contribution < 1.29 is 12.8 Å². The first-order chi connectivity index (χ1) is 12.9. The van der Waals surface area contributed by atoms with E-state index in [9.17, 15) is 12.8 Å². The lowest BCUT2D eigenvalue weighted by molar-refractivity contribution is 0.244. The van der Waals surface area contributed by atoms with Crippen LogP contribution >= 0.6 is 0 Å². The summed E-state index contributed by atoms with van der Waals surface area (Å²) in [7, 11) is -1.66. The minimum Gasteiger partial charge on any atom is -0.302 e. The largest absolute Gasteiger partial charge is 0.302 e. The number of likely N-dealkylation sites (N-methyl/N-ethyl adjacent to an activating group) is 1. The van der Waals surface area contributed by atoms with Gasteiger partial charge in [0.15, 0.2) is 0 Å². The summed E-state index contributed by atoms with van der Waals surface area (Å²) in [6, 6.07) is 4.62. The van der Waals surface area contributed by atoms with E-state index >= 15 is 0 Å². The fourth-order valence-corrected chi connectivity index (χ4v) is 5.48. The molecule has 0 N–H and O–H groups in total. The Bertz CT molecular complexity index is 933. The molecule has 6 nitrogen and oxygen atoms in total. The number of benzene rings is 1. The van der Waals surface area contributed by atoms with Crippen molar-refractivity contribution in [2.24, 2.45) is 0 Å². The number of piperidine rings is 1. The van der Waals surface area contributed by atoms with Gasteiger partial charge in [-0.15, -0.1) is 0 Å². The third kappa shape index (κ3) is 3.61. The summed E-state index contributed by atoms with van der Waals surface area (Å²) in [6.07, 6.45) is 5.11. The van der Waals surface area contributed by atoms with E-state index < -0.39 is 15.8 Å². The second-order valence-electron chi connectivity index (χ2n) is 7.27. The average molecular weight is 390 g/mol. The van der Waals surface area contributed by atoms with Crippen LogP contribution in [0, 0.1) is 5.82 Å². The van der Waals surface area contributed by atoms with Gasteiger partial charge in [0, 0.05) is 43.5 Å². The van der Waals surface area contributed by atoms with Crippen LogP contribution in [-0.2, 0) is 23.0 Å². The van der Waals surface area contributed by atoms with Crippen LogP contribution in [0.25, 0.3) is 0 Å². The Morgan fingerprint density at radius 2 is 1.93 bits per heavy atom. The van der Waals surface area contributed by atoms with Gasteiger partial charge in [0.1, 0.15) is 11.6 Å². The minimum absolute atomic E-state index is 0.107. The van der Waals surface area contributed by atoms with Crippen molar-refractivity contribution in [3.8, 4) is 0 Å². The topological polar surface area (TPSA) is 66.4 Å². The zero-order valence-corrected chi connectivity index (χ0v) is 16.1. The Morgan fingerprint density at radius 3 is 2.70 bits per heavy atom. The van der Waals surface area contributed by atoms with E-state index in [0.717, 1.165) is 43.6 Å². The molecule has 3 heterocycles. The Balaban J connectivity index is 1.68. The summed E-state index contributed by atoms with van der Waals surface area (Å²) in [4.78, 5) is 11.6. The van der Waals surface area contributed by atoms with Crippen molar-refractivity contribution in [1.82, 2.24) is 19.2 Å². The lowest BCUT2D eigenvalue weighted by Crippen LogP contribution is -2.39. The Morgan fingerprint density at radius 1 is 1.15 bits per heavy atom. The summed E-state index contributed by atoms with van der Waals surface area (Å²) in [5, 5.41) is 0. The molecule has 27 heavy (non-hydrogen) atoms. The van der Waals surface area contributed by atoms with Crippen molar-refractivity contribution in [3.63, 3.8) is 0 Å². The van der Waals surface area contributed by atoms with E-state index in [1.54, 1.807) is 0 Å². The van der Waals surface area contributed by atoms with Gasteiger partial charge in [0.25, 0.3) is 0 Å². The molecule has 0 aliphatic carbocycles. The fraction of sp³-hybridized carbons (Fsp3) is 0.474. The third-order valence-electron chi connectivity index (χ3n) is 5.32. The van der Waals surface area contributed by atoms with Gasteiger partial charge in [0.05, 0.1) is 10.9 Å². The van der Waals surface area contributed by atoms with E-state index in [1.807, 2.05) is 6.20 Å². The molecule has 2 aromatic rings. The normalized spacial score (nSPS) is 21.8. The highest BCUT2D eigenvalue weighted by Gasteiger charge is 2.36. The summed E-state index contributed by atoms with van der Waals surface area (Å²) in [5.74, 6) is 0.121. The molecule has 0 radical (unpaired) electrons. The van der Waals surface area contributed by atoms with Crippen LogP contribution in [0.4, 0.5) is 4.39 Å². The van der Waals surface area contributed by atoms with E-state index in [1.165, 1.54) is 28.6 Å². The van der Waals surface area contributed by atoms with Crippen LogP contribution in [0.2, 0.25) is 0 Å². The number of hydrogen-bond donors (Lipinski definition) is 0. The highest BCUT2D eigenvalue weighted by molar-refractivity contribution is 7.89. The Labute approximate surface area is 159 Å². The zero-order chi connectivity index (χ0) is 19.0. The van der Waals surface area contributed by atoms with Crippen LogP contribution in [0.5, 0.6) is 0 Å². The molecule has 8 heteroatoms. The molecule has 0 bridgehead atoms. The highest BCUT2D eigenvalue weighted by atomic mass is 32.2. The number of nitrogens with zero attached hydrogens (tertiary/aromatic N) is 4. The predicted molar refractivity (Wildman–Crippen MR) is 99.0 cm³/mol. The molecule has 2 aliphatic heterocycles. The standard InChI is InChI=1S/C19H23FN4O2S/c1-23-11-9-17-14(13-23)12-21-19(22-17)18-4-2-3-10-24(18)27(25,26)16-7-5-15(20)6-8-16/h5-8,12,18H,2-4,9-11,13H2,1H3. The van der Waals surface area contributed by atoms with Crippen molar-refractivity contribution in [3.05, 3.63) is 53.4 Å². The predicted octanol–water partition coefficient (Wildman–Crippen LogP) is 2.52. The van der Waals surface area contributed by atoms with E-state index in [4.69, 9.17) is 4.98 Å². The quantitative estimate of drug-likeness (QED) is 0.806. The van der Waals surface area contributed by atoms with Gasteiger partial charge in [0.2, 0.25) is 10.0 Å². The molecule has 1 unspecified atom stereocenters. The van der Waals surface area contributed by atoms with Crippen LogP contribution in [0.1, 0.15) is 42.4 Å². The molecule has 1 fully saturated rings. The number of aromatic nitrogens is 2. The van der Waals surface area contributed by atoms with Gasteiger partial charge in [-0.05, 0) is 44.2 Å². The zero-order valence-electron chi connectivity index (χ0n) is 15.3. The first kappa shape index (κ1) is 18.5. The smallest absolute Gasteiger partial charge is 0.243 e. The lowest BCUT2D eigenvalue weighted by atomic mass is 10.0. The summed E-state index contributed by atoms with van der Waals surface area (Å²) >= 11 is 0. The average Bonchev–Trinajstić information content (AvgIpc) is 2.68. The third-order valence-corrected chi connectivity index (χ3v) is 7.24. The van der Waals surface area contributed by atoms with Crippen molar-refractivity contribution in [2.45, 2.75) is 43.2 Å². The number of rotatable bonds is 3. The number of halogens is 1. The summed E-state index contributed by atoms with van der Waals surface area (Å²) in [5.41, 5.74) is 2.12. The molecule has 0 amide bonds. The van der Waals surface area contributed by atoms with Gasteiger partial charge in [-0.25, -0.2) is 22.8 Å². The summed E-state index contributed by atoms with van der Waals surface area (Å²) < 4.78 is 41.0. The monoisotopic (exact) mass is 390 g/mol. The number of hydrogen-bond acceptors (Lipinski definition) is 5. The maximum absolute atomic E-state index is 13.2. The van der Waals surface area contributed by atoms with E-state index in [2.05, 4.69) is 16.9 Å². The maximum Gasteiger partial charge on any atom is 0.243 e. The number of fused-ring (bicyclic) bond motifs is 1. The molecule has 2 aliphatic rings. The van der Waals surface area contributed by atoms with Crippen molar-refractivity contribution in [2.75, 3.05) is 20.1 Å². The van der Waals surface area contributed by atoms with Crippen LogP contribution in [0.15, 0.2) is 35.4 Å². The highest BCUT2D eigenvalue weighted by Crippen LogP contribution is 2.34. The SMILES string of the molecule is CN1CCc2nc(C3CCCCN3S(=O)(=O)c3ccc(F)cc3)ncc2C1. The van der Waals surface area contributed by atoms with E-state index in [0.29, 0.717) is 18.8 Å². The van der Waals surface area contributed by atoms with Crippen molar-refractivity contribution in [1.29, 1.82) is 0 Å². The molecular formula is C19H23FN4O2S. The molecule has 0 saturated carbocycles. The second kappa shape index (κ2) is 7.26. The Kier molecular flexibility index (Phi) is 4.96. The molecule has 1 aromatic heterocycles. The first-order valence-corrected chi connectivity index (χ1v) is 10.7. The molecule has 1 aromatic carbocycles. The maximum atomic E-state index is 13.2. The summed E-state index contributed by atoms with van der Waals surface area (Å²) in [6.45, 7) is 2.18. The molecular weight excluding hydrogens is 367 g/mol. The van der Waals surface area contributed by atoms with Crippen LogP contribution in [-0.4, -0.2) is 47.7 Å². The molecule has 1 saturated heterocycles. The van der Waals surface area contributed by atoms with Crippen molar-refractivity contribution >= 4 is 10.0 Å². The first-order valence-electron chi connectivity index (χ1n) is 9.26. The van der Waals surface area contributed by atoms with Crippen LogP contribution < -0.4 is 0 Å². The van der Waals surface area contributed by atoms with Crippen LogP contribution in [0.3, 0.4) is 0 Å².